The monoisotopic (exact) mass is 429 g/mol. The Labute approximate surface area is 175 Å². The molecule has 0 amide bonds. The first-order chi connectivity index (χ1) is 14.6. The first-order valence-corrected chi connectivity index (χ1v) is 10.4. The summed E-state index contributed by atoms with van der Waals surface area (Å²) in [6.07, 6.45) is 1.37. The molecule has 0 radical (unpaired) electrons. The van der Waals surface area contributed by atoms with E-state index in [1.165, 1.54) is 35.4 Å². The zero-order valence-corrected chi connectivity index (χ0v) is 17.2. The lowest BCUT2D eigenvalue weighted by Crippen LogP contribution is -2.35. The van der Waals surface area contributed by atoms with Crippen molar-refractivity contribution in [3.8, 4) is 5.75 Å². The van der Waals surface area contributed by atoms with Crippen molar-refractivity contribution in [1.29, 1.82) is 0 Å². The highest BCUT2D eigenvalue weighted by molar-refractivity contribution is 7.18. The Balaban J connectivity index is 1.60. The summed E-state index contributed by atoms with van der Waals surface area (Å²) in [7, 11) is 1.49. The molecule has 1 fully saturated rings. The molecule has 4 aromatic rings. The average Bonchev–Trinajstić information content (AvgIpc) is 3.40. The van der Waals surface area contributed by atoms with E-state index in [4.69, 9.17) is 9.47 Å². The maximum Gasteiger partial charge on any atom is 0.352 e. The molecule has 3 aromatic heterocycles. The van der Waals surface area contributed by atoms with Gasteiger partial charge in [0.25, 0.3) is 0 Å². The fourth-order valence-electron chi connectivity index (χ4n) is 3.71. The van der Waals surface area contributed by atoms with Crippen LogP contribution in [0.1, 0.15) is 10.4 Å². The molecule has 8 nitrogen and oxygen atoms in total. The standard InChI is InChI=1S/C20H20FN5O3S/c1-28-14-3-2-13(17(21)8-14)10-25-19-16(18-22-12-23-26(18)20(25)27)9-15(30-19)11-24-4-6-29-7-5-24/h2-3,8-9,12H,4-7,10-11H2,1H3. The number of fused-ring (bicyclic) bond motifs is 3. The molecule has 0 atom stereocenters. The lowest BCUT2D eigenvalue weighted by atomic mass is 10.2. The van der Waals surface area contributed by atoms with Crippen molar-refractivity contribution in [3.05, 3.63) is 57.3 Å². The molecule has 1 aromatic carbocycles. The second-order valence-electron chi connectivity index (χ2n) is 7.14. The Morgan fingerprint density at radius 2 is 2.07 bits per heavy atom. The van der Waals surface area contributed by atoms with Crippen LogP contribution in [0.3, 0.4) is 0 Å². The predicted octanol–water partition coefficient (Wildman–Crippen LogP) is 2.13. The minimum absolute atomic E-state index is 0.0957. The second-order valence-corrected chi connectivity index (χ2v) is 8.26. The average molecular weight is 429 g/mol. The van der Waals surface area contributed by atoms with Crippen molar-refractivity contribution < 1.29 is 13.9 Å². The summed E-state index contributed by atoms with van der Waals surface area (Å²) in [4.78, 5) is 21.6. The van der Waals surface area contributed by atoms with Gasteiger partial charge in [0.1, 0.15) is 22.7 Å². The summed E-state index contributed by atoms with van der Waals surface area (Å²) in [5, 5.41) is 4.92. The third kappa shape index (κ3) is 3.36. The number of hydrogen-bond acceptors (Lipinski definition) is 7. The zero-order valence-electron chi connectivity index (χ0n) is 16.4. The Bertz CT molecular complexity index is 1270. The summed E-state index contributed by atoms with van der Waals surface area (Å²) in [6.45, 7) is 4.06. The number of benzene rings is 1. The van der Waals surface area contributed by atoms with Gasteiger partial charge in [-0.15, -0.1) is 11.3 Å². The van der Waals surface area contributed by atoms with Crippen LogP contribution in [0.2, 0.25) is 0 Å². The first-order valence-electron chi connectivity index (χ1n) is 9.61. The number of halogens is 1. The molecule has 1 aliphatic heterocycles. The van der Waals surface area contributed by atoms with Crippen LogP contribution in [0.25, 0.3) is 15.9 Å². The number of rotatable bonds is 5. The number of morpholine rings is 1. The molecule has 0 saturated carbocycles. The third-order valence-electron chi connectivity index (χ3n) is 5.28. The second kappa shape index (κ2) is 7.78. The summed E-state index contributed by atoms with van der Waals surface area (Å²) in [5.74, 6) is 0.0163. The maximum atomic E-state index is 14.6. The van der Waals surface area contributed by atoms with E-state index in [0.29, 0.717) is 17.0 Å². The number of thiophene rings is 1. The van der Waals surface area contributed by atoms with E-state index in [0.717, 1.165) is 47.9 Å². The first kappa shape index (κ1) is 19.2. The minimum Gasteiger partial charge on any atom is -0.497 e. The highest BCUT2D eigenvalue weighted by Crippen LogP contribution is 2.29. The predicted molar refractivity (Wildman–Crippen MR) is 111 cm³/mol. The van der Waals surface area contributed by atoms with Crippen LogP contribution in [0, 0.1) is 5.82 Å². The molecule has 0 N–H and O–H groups in total. The fourth-order valence-corrected chi connectivity index (χ4v) is 4.89. The quantitative estimate of drug-likeness (QED) is 0.484. The van der Waals surface area contributed by atoms with Gasteiger partial charge in [0.15, 0.2) is 5.65 Å². The molecule has 0 bridgehead atoms. The lowest BCUT2D eigenvalue weighted by Gasteiger charge is -2.25. The van der Waals surface area contributed by atoms with E-state index < -0.39 is 5.82 Å². The Kier molecular flexibility index (Phi) is 4.97. The summed E-state index contributed by atoms with van der Waals surface area (Å²) in [6, 6.07) is 6.71. The highest BCUT2D eigenvalue weighted by atomic mass is 32.1. The molecule has 30 heavy (non-hydrogen) atoms. The minimum atomic E-state index is -0.418. The van der Waals surface area contributed by atoms with Crippen molar-refractivity contribution in [2.24, 2.45) is 0 Å². The van der Waals surface area contributed by atoms with Gasteiger partial charge in [0, 0.05) is 36.1 Å². The highest BCUT2D eigenvalue weighted by Gasteiger charge is 2.19. The van der Waals surface area contributed by atoms with Crippen molar-refractivity contribution in [2.45, 2.75) is 13.1 Å². The van der Waals surface area contributed by atoms with Crippen LogP contribution in [0.15, 0.2) is 35.4 Å². The Morgan fingerprint density at radius 3 is 2.83 bits per heavy atom. The van der Waals surface area contributed by atoms with Crippen LogP contribution in [0.5, 0.6) is 5.75 Å². The van der Waals surface area contributed by atoms with Gasteiger partial charge < -0.3 is 9.47 Å². The van der Waals surface area contributed by atoms with Gasteiger partial charge in [-0.2, -0.15) is 9.61 Å². The van der Waals surface area contributed by atoms with Crippen molar-refractivity contribution in [3.63, 3.8) is 0 Å². The number of aromatic nitrogens is 4. The lowest BCUT2D eigenvalue weighted by molar-refractivity contribution is 0.0346. The van der Waals surface area contributed by atoms with Crippen molar-refractivity contribution in [1.82, 2.24) is 24.1 Å². The van der Waals surface area contributed by atoms with Gasteiger partial charge >= 0.3 is 5.69 Å². The van der Waals surface area contributed by atoms with Crippen molar-refractivity contribution in [2.75, 3.05) is 33.4 Å². The molecule has 4 heterocycles. The molecular formula is C20H20FN5O3S. The molecule has 0 spiro atoms. The Morgan fingerprint density at radius 1 is 1.23 bits per heavy atom. The summed E-state index contributed by atoms with van der Waals surface area (Å²) < 4.78 is 27.9. The van der Waals surface area contributed by atoms with Crippen molar-refractivity contribution >= 4 is 27.2 Å². The van der Waals surface area contributed by atoms with Gasteiger partial charge in [0.05, 0.1) is 32.3 Å². The molecule has 1 saturated heterocycles. The number of methoxy groups -OCH3 is 1. The zero-order chi connectivity index (χ0) is 20.7. The van der Waals surface area contributed by atoms with E-state index in [9.17, 15) is 9.18 Å². The SMILES string of the molecule is COc1ccc(Cn2c(=O)n3ncnc3c3cc(CN4CCOCC4)sc32)c(F)c1. The van der Waals surface area contributed by atoms with Gasteiger partial charge in [-0.1, -0.05) is 6.07 Å². The smallest absolute Gasteiger partial charge is 0.352 e. The Hall–Kier alpha value is -2.82. The fraction of sp³-hybridized carbons (Fsp3) is 0.350. The van der Waals surface area contributed by atoms with E-state index >= 15 is 0 Å². The number of nitrogens with zero attached hydrogens (tertiary/aromatic N) is 5. The van der Waals surface area contributed by atoms with E-state index in [-0.39, 0.29) is 12.2 Å². The summed E-state index contributed by atoms with van der Waals surface area (Å²) >= 11 is 1.53. The molecular weight excluding hydrogens is 409 g/mol. The van der Waals surface area contributed by atoms with E-state index in [2.05, 4.69) is 21.0 Å². The van der Waals surface area contributed by atoms with Crippen LogP contribution in [0.4, 0.5) is 4.39 Å². The van der Waals surface area contributed by atoms with E-state index in [1.807, 2.05) is 0 Å². The maximum absolute atomic E-state index is 14.6. The van der Waals surface area contributed by atoms with Gasteiger partial charge in [0.2, 0.25) is 0 Å². The normalized spacial score (nSPS) is 15.3. The van der Waals surface area contributed by atoms with Gasteiger partial charge in [-0.3, -0.25) is 9.47 Å². The molecule has 0 aliphatic carbocycles. The van der Waals surface area contributed by atoms with Gasteiger partial charge in [-0.05, 0) is 12.1 Å². The largest absolute Gasteiger partial charge is 0.497 e. The van der Waals surface area contributed by atoms with Crippen LogP contribution in [-0.2, 0) is 17.8 Å². The third-order valence-corrected chi connectivity index (χ3v) is 6.42. The number of hydrogen-bond donors (Lipinski definition) is 0. The van der Waals surface area contributed by atoms with Crippen LogP contribution >= 0.6 is 11.3 Å². The van der Waals surface area contributed by atoms with Gasteiger partial charge in [-0.25, -0.2) is 14.2 Å². The molecule has 0 unspecified atom stereocenters. The molecule has 156 valence electrons. The van der Waals surface area contributed by atoms with Crippen LogP contribution in [-0.4, -0.2) is 57.5 Å². The molecule has 10 heteroatoms. The molecule has 5 rings (SSSR count). The summed E-state index contributed by atoms with van der Waals surface area (Å²) in [5.41, 5.74) is 0.581. The molecule has 1 aliphatic rings. The number of ether oxygens (including phenoxy) is 2. The topological polar surface area (TPSA) is 73.9 Å². The van der Waals surface area contributed by atoms with Crippen LogP contribution < -0.4 is 10.4 Å². The van der Waals surface area contributed by atoms with E-state index in [1.54, 1.807) is 16.7 Å².